The third-order valence-corrected chi connectivity index (χ3v) is 7.64. The van der Waals surface area contributed by atoms with Gasteiger partial charge in [0, 0.05) is 46.2 Å². The van der Waals surface area contributed by atoms with Gasteiger partial charge in [-0.2, -0.15) is 0 Å². The minimum absolute atomic E-state index is 0. The van der Waals surface area contributed by atoms with Gasteiger partial charge in [-0.1, -0.05) is 59.6 Å². The molecule has 0 aliphatic carbocycles. The molecule has 0 aliphatic heterocycles. The van der Waals surface area contributed by atoms with Crippen LogP contribution in [0.15, 0.2) is 91.1 Å². The molecule has 43 heavy (non-hydrogen) atoms. The molecule has 10 heteroatoms. The second kappa shape index (κ2) is 13.9. The van der Waals surface area contributed by atoms with E-state index in [0.717, 1.165) is 22.2 Å². The lowest BCUT2D eigenvalue weighted by Crippen LogP contribution is -2.22. The van der Waals surface area contributed by atoms with Crippen LogP contribution in [0.4, 0.5) is 0 Å². The predicted octanol–water partition coefficient (Wildman–Crippen LogP) is 7.28. The van der Waals surface area contributed by atoms with E-state index in [1.807, 2.05) is 37.3 Å². The van der Waals surface area contributed by atoms with Gasteiger partial charge in [0.25, 0.3) is 5.91 Å². The number of halogens is 3. The summed E-state index contributed by atoms with van der Waals surface area (Å²) in [5, 5.41) is 4.38. The Labute approximate surface area is 265 Å². The molecule has 0 saturated heterocycles. The van der Waals surface area contributed by atoms with Crippen molar-refractivity contribution in [1.29, 1.82) is 0 Å². The Morgan fingerprint density at radius 2 is 1.79 bits per heavy atom. The van der Waals surface area contributed by atoms with E-state index >= 15 is 0 Å². The number of nitrogens with zero attached hydrogens (tertiary/aromatic N) is 2. The summed E-state index contributed by atoms with van der Waals surface area (Å²) in [5.41, 5.74) is 11.1. The molecule has 7 nitrogen and oxygen atoms in total. The number of aryl methyl sites for hydroxylation is 1. The number of aromatic nitrogens is 2. The molecule has 3 aromatic carbocycles. The molecule has 0 radical (unpaired) electrons. The summed E-state index contributed by atoms with van der Waals surface area (Å²) in [4.78, 5) is 29.4. The minimum atomic E-state index is -0.946. The van der Waals surface area contributed by atoms with E-state index in [0.29, 0.717) is 38.3 Å². The van der Waals surface area contributed by atoms with Crippen LogP contribution in [0.3, 0.4) is 0 Å². The van der Waals surface area contributed by atoms with Crippen LogP contribution in [0, 0.1) is 6.92 Å². The number of amides is 1. The largest absolute Gasteiger partial charge is 0.487 e. The van der Waals surface area contributed by atoms with E-state index in [1.165, 1.54) is 6.08 Å². The highest BCUT2D eigenvalue weighted by Gasteiger charge is 2.21. The van der Waals surface area contributed by atoms with Gasteiger partial charge in [0.1, 0.15) is 23.9 Å². The summed E-state index contributed by atoms with van der Waals surface area (Å²) in [7, 11) is 1.57. The number of carbonyl (C=O) groups is 2. The normalized spacial score (nSPS) is 11.7. The molecule has 0 bridgehead atoms. The molecule has 2 aromatic heterocycles. The first-order valence-electron chi connectivity index (χ1n) is 13.2. The zero-order chi connectivity index (χ0) is 29.8. The van der Waals surface area contributed by atoms with Crippen LogP contribution < -0.4 is 15.8 Å². The number of nitrogens with two attached hydrogens (primary N) is 1. The Kier molecular flexibility index (Phi) is 10.3. The van der Waals surface area contributed by atoms with Gasteiger partial charge in [-0.05, 0) is 67.1 Å². The van der Waals surface area contributed by atoms with E-state index in [9.17, 15) is 9.59 Å². The van der Waals surface area contributed by atoms with E-state index in [1.54, 1.807) is 72.4 Å². The summed E-state index contributed by atoms with van der Waals surface area (Å²) in [6, 6.07) is 22.8. The lowest BCUT2D eigenvalue weighted by atomic mass is 10.1. The average Bonchev–Trinajstić information content (AvgIpc) is 3.49. The zero-order valence-electron chi connectivity index (χ0n) is 23.4. The van der Waals surface area contributed by atoms with Crippen molar-refractivity contribution in [3.05, 3.63) is 129 Å². The highest BCUT2D eigenvalue weighted by atomic mass is 35.5. The molecule has 3 N–H and O–H groups in total. The number of hydrogen-bond acceptors (Lipinski definition) is 5. The highest BCUT2D eigenvalue weighted by Crippen LogP contribution is 2.34. The van der Waals surface area contributed by atoms with Gasteiger partial charge in [0.2, 0.25) is 0 Å². The van der Waals surface area contributed by atoms with Crippen LogP contribution in [0.1, 0.15) is 38.9 Å². The monoisotopic (exact) mass is 634 g/mol. The summed E-state index contributed by atoms with van der Waals surface area (Å²) in [5.74, 6) is 0.149. The highest BCUT2D eigenvalue weighted by molar-refractivity contribution is 6.37. The van der Waals surface area contributed by atoms with Crippen molar-refractivity contribution in [3.63, 3.8) is 0 Å². The minimum Gasteiger partial charge on any atom is -0.487 e. The number of hydrogen-bond donors (Lipinski definition) is 2. The van der Waals surface area contributed by atoms with Gasteiger partial charge < -0.3 is 20.4 Å². The van der Waals surface area contributed by atoms with Crippen LogP contribution in [0.25, 0.3) is 22.7 Å². The maximum atomic E-state index is 13.0. The number of nitrogens with one attached hydrogen (secondary N) is 1. The molecule has 220 valence electrons. The first-order valence-corrected chi connectivity index (χ1v) is 14.0. The quantitative estimate of drug-likeness (QED) is 0.166. The lowest BCUT2D eigenvalue weighted by molar-refractivity contribution is -0.115. The second-order valence-electron chi connectivity index (χ2n) is 9.65. The van der Waals surface area contributed by atoms with E-state index in [-0.39, 0.29) is 30.7 Å². The Morgan fingerprint density at radius 3 is 2.53 bits per heavy atom. The number of ether oxygens (including phenoxy) is 1. The predicted molar refractivity (Wildman–Crippen MR) is 175 cm³/mol. The van der Waals surface area contributed by atoms with Gasteiger partial charge in [-0.25, -0.2) is 4.98 Å². The van der Waals surface area contributed by atoms with Crippen LogP contribution in [0.2, 0.25) is 10.0 Å². The maximum absolute atomic E-state index is 13.0. The fourth-order valence-electron chi connectivity index (χ4n) is 4.57. The molecule has 0 fully saturated rings. The first-order chi connectivity index (χ1) is 20.3. The number of fused-ring (bicyclic) bond motifs is 1. The van der Waals surface area contributed by atoms with Crippen LogP contribution in [-0.4, -0.2) is 28.3 Å². The summed E-state index contributed by atoms with van der Waals surface area (Å²) in [6.07, 6.45) is 4.89. The standard InChI is InChI=1S/C33H28Cl2N4O3.ClH/c1-20-8-12-22-5-3-7-29(32(22)38-20)42-19-24-25(34)15-16-26(30(24)35)39-18-4-6-27(39)31(36)28(40)17-11-21-9-13-23(14-10-21)33(41)37-2;/h3-18,31H,19,36H2,1-2H3,(H,37,41);1H/b17-11+;. The molecule has 1 amide bonds. The zero-order valence-corrected chi connectivity index (χ0v) is 25.7. The van der Waals surface area contributed by atoms with Gasteiger partial charge in [0.15, 0.2) is 5.78 Å². The number of rotatable bonds is 9. The Morgan fingerprint density at radius 1 is 1.02 bits per heavy atom. The van der Waals surface area contributed by atoms with Crippen molar-refractivity contribution in [1.82, 2.24) is 14.9 Å². The molecule has 0 saturated carbocycles. The van der Waals surface area contributed by atoms with Crippen molar-refractivity contribution in [2.24, 2.45) is 5.73 Å². The second-order valence-corrected chi connectivity index (χ2v) is 10.4. The third-order valence-electron chi connectivity index (χ3n) is 6.87. The van der Waals surface area contributed by atoms with Gasteiger partial charge in [0.05, 0.1) is 10.7 Å². The lowest BCUT2D eigenvalue weighted by Gasteiger charge is -2.18. The smallest absolute Gasteiger partial charge is 0.251 e. The fraction of sp³-hybridized carbons (Fsp3) is 0.121. The number of ketones is 1. The van der Waals surface area contributed by atoms with E-state index in [2.05, 4.69) is 10.3 Å². The van der Waals surface area contributed by atoms with E-state index in [4.69, 9.17) is 33.7 Å². The van der Waals surface area contributed by atoms with Crippen molar-refractivity contribution >= 4 is 64.3 Å². The summed E-state index contributed by atoms with van der Waals surface area (Å²) >= 11 is 13.4. The molecule has 2 heterocycles. The Bertz CT molecular complexity index is 1820. The first kappa shape index (κ1) is 31.8. The molecular formula is C33H29Cl3N4O3. The van der Waals surface area contributed by atoms with Crippen LogP contribution in [-0.2, 0) is 11.4 Å². The third kappa shape index (κ3) is 6.92. The number of carbonyl (C=O) groups excluding carboxylic acids is 2. The molecule has 5 aromatic rings. The maximum Gasteiger partial charge on any atom is 0.251 e. The molecule has 5 rings (SSSR count). The molecule has 0 spiro atoms. The van der Waals surface area contributed by atoms with E-state index < -0.39 is 6.04 Å². The number of pyridine rings is 1. The van der Waals surface area contributed by atoms with Gasteiger partial charge in [-0.3, -0.25) is 9.59 Å². The Balaban J connectivity index is 0.00000423. The summed E-state index contributed by atoms with van der Waals surface area (Å²) < 4.78 is 7.94. The molecule has 1 atom stereocenters. The Hall–Kier alpha value is -4.14. The topological polar surface area (TPSA) is 99.2 Å². The average molecular weight is 636 g/mol. The SMILES string of the molecule is CNC(=O)c1ccc(/C=C/C(=O)C(N)c2cccn2-c2ccc(Cl)c(COc3cccc4ccc(C)nc34)c2Cl)cc1.Cl. The van der Waals surface area contributed by atoms with Crippen molar-refractivity contribution in [2.75, 3.05) is 7.05 Å². The van der Waals surface area contributed by atoms with Crippen LogP contribution in [0.5, 0.6) is 5.75 Å². The van der Waals surface area contributed by atoms with Crippen molar-refractivity contribution in [2.45, 2.75) is 19.6 Å². The van der Waals surface area contributed by atoms with Crippen LogP contribution >= 0.6 is 35.6 Å². The van der Waals surface area contributed by atoms with Gasteiger partial charge in [-0.15, -0.1) is 12.4 Å². The van der Waals surface area contributed by atoms with Crippen molar-refractivity contribution < 1.29 is 14.3 Å². The molecular weight excluding hydrogens is 607 g/mol. The number of para-hydroxylation sites is 1. The number of benzene rings is 3. The molecule has 0 aliphatic rings. The fourth-order valence-corrected chi connectivity index (χ4v) is 5.14. The molecule has 1 unspecified atom stereocenters. The summed E-state index contributed by atoms with van der Waals surface area (Å²) in [6.45, 7) is 2.04. The van der Waals surface area contributed by atoms with Gasteiger partial charge >= 0.3 is 0 Å². The van der Waals surface area contributed by atoms with Crippen molar-refractivity contribution in [3.8, 4) is 11.4 Å².